The third-order valence-corrected chi connectivity index (χ3v) is 3.89. The SMILES string of the molecule is CCCC1CCN(Cc2occc2C(=O)NN)CC1. The van der Waals surface area contributed by atoms with E-state index in [4.69, 9.17) is 10.3 Å². The smallest absolute Gasteiger partial charge is 0.268 e. The van der Waals surface area contributed by atoms with Gasteiger partial charge in [-0.1, -0.05) is 19.8 Å². The van der Waals surface area contributed by atoms with Crippen LogP contribution >= 0.6 is 0 Å². The molecule has 3 N–H and O–H groups in total. The first-order valence-corrected chi connectivity index (χ1v) is 7.04. The molecule has 1 saturated heterocycles. The van der Waals surface area contributed by atoms with Gasteiger partial charge in [0.15, 0.2) is 0 Å². The maximum absolute atomic E-state index is 11.6. The molecule has 5 nitrogen and oxygen atoms in total. The summed E-state index contributed by atoms with van der Waals surface area (Å²) >= 11 is 0. The van der Waals surface area contributed by atoms with Gasteiger partial charge in [-0.3, -0.25) is 15.1 Å². The zero-order chi connectivity index (χ0) is 13.7. The lowest BCUT2D eigenvalue weighted by Crippen LogP contribution is -2.34. The molecule has 0 aromatic carbocycles. The lowest BCUT2D eigenvalue weighted by atomic mass is 9.92. The van der Waals surface area contributed by atoms with Gasteiger partial charge in [0.1, 0.15) is 5.76 Å². The second kappa shape index (κ2) is 6.73. The van der Waals surface area contributed by atoms with Gasteiger partial charge in [0, 0.05) is 0 Å². The molecule has 1 aromatic rings. The minimum Gasteiger partial charge on any atom is -0.467 e. The molecule has 1 fully saturated rings. The van der Waals surface area contributed by atoms with Crippen molar-refractivity contribution in [3.8, 4) is 0 Å². The van der Waals surface area contributed by atoms with Gasteiger partial charge in [0.25, 0.3) is 5.91 Å². The first-order chi connectivity index (χ1) is 9.24. The summed E-state index contributed by atoms with van der Waals surface area (Å²) in [6, 6.07) is 1.67. The summed E-state index contributed by atoms with van der Waals surface area (Å²) in [6.45, 7) is 5.09. The summed E-state index contributed by atoms with van der Waals surface area (Å²) in [5.74, 6) is 6.45. The molecule has 106 valence electrons. The number of amides is 1. The fourth-order valence-corrected chi connectivity index (χ4v) is 2.79. The Labute approximate surface area is 114 Å². The molecule has 0 aliphatic carbocycles. The summed E-state index contributed by atoms with van der Waals surface area (Å²) in [6.07, 6.45) is 6.63. The van der Waals surface area contributed by atoms with Crippen molar-refractivity contribution >= 4 is 5.91 Å². The van der Waals surface area contributed by atoms with Crippen LogP contribution in [0.5, 0.6) is 0 Å². The second-order valence-electron chi connectivity index (χ2n) is 5.24. The van der Waals surface area contributed by atoms with Crippen LogP contribution in [-0.2, 0) is 6.54 Å². The Morgan fingerprint density at radius 3 is 2.89 bits per heavy atom. The van der Waals surface area contributed by atoms with Crippen LogP contribution in [0.4, 0.5) is 0 Å². The number of carbonyl (C=O) groups is 1. The average Bonchev–Trinajstić information content (AvgIpc) is 2.88. The largest absolute Gasteiger partial charge is 0.467 e. The number of piperidine rings is 1. The fourth-order valence-electron chi connectivity index (χ4n) is 2.79. The molecule has 0 bridgehead atoms. The highest BCUT2D eigenvalue weighted by Gasteiger charge is 2.21. The highest BCUT2D eigenvalue weighted by Crippen LogP contribution is 2.23. The van der Waals surface area contributed by atoms with Crippen molar-refractivity contribution in [2.24, 2.45) is 11.8 Å². The van der Waals surface area contributed by atoms with E-state index in [1.165, 1.54) is 25.7 Å². The van der Waals surface area contributed by atoms with Crippen LogP contribution in [0.25, 0.3) is 0 Å². The van der Waals surface area contributed by atoms with Crippen LogP contribution in [0.3, 0.4) is 0 Å². The monoisotopic (exact) mass is 265 g/mol. The standard InChI is InChI=1S/C14H23N3O2/c1-2-3-11-4-7-17(8-5-11)10-13-12(6-9-19-13)14(18)16-15/h6,9,11H,2-5,7-8,10,15H2,1H3,(H,16,18). The molecule has 1 amide bonds. The molecule has 19 heavy (non-hydrogen) atoms. The molecule has 0 spiro atoms. The number of hydrogen-bond acceptors (Lipinski definition) is 4. The Hall–Kier alpha value is -1.33. The molecule has 1 aliphatic heterocycles. The summed E-state index contributed by atoms with van der Waals surface area (Å²) in [4.78, 5) is 13.9. The number of hydrazine groups is 1. The number of nitrogens with one attached hydrogen (secondary N) is 1. The minimum absolute atomic E-state index is 0.287. The number of nitrogen functional groups attached to an aromatic ring is 1. The molecule has 0 unspecified atom stereocenters. The number of carbonyl (C=O) groups excluding carboxylic acids is 1. The first-order valence-electron chi connectivity index (χ1n) is 7.04. The van der Waals surface area contributed by atoms with E-state index in [1.54, 1.807) is 12.3 Å². The Bertz CT molecular complexity index is 409. The molecule has 1 aromatic heterocycles. The van der Waals surface area contributed by atoms with Crippen LogP contribution in [-0.4, -0.2) is 23.9 Å². The van der Waals surface area contributed by atoms with Crippen molar-refractivity contribution in [2.75, 3.05) is 13.1 Å². The van der Waals surface area contributed by atoms with Crippen molar-refractivity contribution in [1.29, 1.82) is 0 Å². The molecule has 2 rings (SSSR count). The molecular formula is C14H23N3O2. The van der Waals surface area contributed by atoms with E-state index in [0.29, 0.717) is 17.9 Å². The van der Waals surface area contributed by atoms with Crippen LogP contribution in [0.15, 0.2) is 16.7 Å². The van der Waals surface area contributed by atoms with Gasteiger partial charge >= 0.3 is 0 Å². The topological polar surface area (TPSA) is 71.5 Å². The van der Waals surface area contributed by atoms with Crippen molar-refractivity contribution < 1.29 is 9.21 Å². The molecule has 5 heteroatoms. The Balaban J connectivity index is 1.89. The van der Waals surface area contributed by atoms with E-state index < -0.39 is 0 Å². The summed E-state index contributed by atoms with van der Waals surface area (Å²) in [5, 5.41) is 0. The third-order valence-electron chi connectivity index (χ3n) is 3.89. The molecule has 2 heterocycles. The van der Waals surface area contributed by atoms with Crippen molar-refractivity contribution in [2.45, 2.75) is 39.2 Å². The zero-order valence-electron chi connectivity index (χ0n) is 11.5. The van der Waals surface area contributed by atoms with E-state index >= 15 is 0 Å². The van der Waals surface area contributed by atoms with Gasteiger partial charge in [-0.05, 0) is 37.9 Å². The fraction of sp³-hybridized carbons (Fsp3) is 0.643. The number of furan rings is 1. The summed E-state index contributed by atoms with van der Waals surface area (Å²) < 4.78 is 5.41. The van der Waals surface area contributed by atoms with Crippen LogP contribution in [0.1, 0.15) is 48.7 Å². The van der Waals surface area contributed by atoms with Gasteiger partial charge in [0.2, 0.25) is 0 Å². The average molecular weight is 265 g/mol. The van der Waals surface area contributed by atoms with Crippen molar-refractivity contribution in [3.63, 3.8) is 0 Å². The van der Waals surface area contributed by atoms with E-state index in [1.807, 2.05) is 0 Å². The minimum atomic E-state index is -0.287. The molecule has 0 radical (unpaired) electrons. The highest BCUT2D eigenvalue weighted by atomic mass is 16.3. The lowest BCUT2D eigenvalue weighted by Gasteiger charge is -2.31. The van der Waals surface area contributed by atoms with E-state index in [2.05, 4.69) is 17.2 Å². The number of rotatable bonds is 5. The van der Waals surface area contributed by atoms with Crippen LogP contribution < -0.4 is 11.3 Å². The van der Waals surface area contributed by atoms with Crippen LogP contribution in [0, 0.1) is 5.92 Å². The normalized spacial score (nSPS) is 17.6. The van der Waals surface area contributed by atoms with Crippen molar-refractivity contribution in [3.05, 3.63) is 23.7 Å². The van der Waals surface area contributed by atoms with E-state index in [-0.39, 0.29) is 5.91 Å². The quantitative estimate of drug-likeness (QED) is 0.484. The summed E-state index contributed by atoms with van der Waals surface area (Å²) in [7, 11) is 0. The van der Waals surface area contributed by atoms with Crippen molar-refractivity contribution in [1.82, 2.24) is 10.3 Å². The molecular weight excluding hydrogens is 242 g/mol. The number of nitrogens with two attached hydrogens (primary N) is 1. The summed E-state index contributed by atoms with van der Waals surface area (Å²) in [5.41, 5.74) is 2.69. The van der Waals surface area contributed by atoms with Gasteiger partial charge < -0.3 is 4.42 Å². The Kier molecular flexibility index (Phi) is 4.99. The number of hydrogen-bond donors (Lipinski definition) is 2. The molecule has 0 saturated carbocycles. The second-order valence-corrected chi connectivity index (χ2v) is 5.24. The molecule has 1 aliphatic rings. The van der Waals surface area contributed by atoms with E-state index in [9.17, 15) is 4.79 Å². The first kappa shape index (κ1) is 14.1. The predicted octanol–water partition coefficient (Wildman–Crippen LogP) is 1.90. The highest BCUT2D eigenvalue weighted by molar-refractivity contribution is 5.94. The number of nitrogens with zero attached hydrogens (tertiary/aromatic N) is 1. The predicted molar refractivity (Wildman–Crippen MR) is 73.3 cm³/mol. The molecule has 0 atom stereocenters. The number of likely N-dealkylation sites (tertiary alicyclic amines) is 1. The van der Waals surface area contributed by atoms with Gasteiger partial charge in [-0.25, -0.2) is 5.84 Å². The third kappa shape index (κ3) is 3.58. The Morgan fingerprint density at radius 1 is 1.53 bits per heavy atom. The maximum atomic E-state index is 11.6. The Morgan fingerprint density at radius 2 is 2.26 bits per heavy atom. The zero-order valence-corrected chi connectivity index (χ0v) is 11.5. The lowest BCUT2D eigenvalue weighted by molar-refractivity contribution is 0.0948. The van der Waals surface area contributed by atoms with Gasteiger partial charge in [-0.15, -0.1) is 0 Å². The van der Waals surface area contributed by atoms with E-state index in [0.717, 1.165) is 19.0 Å². The van der Waals surface area contributed by atoms with Crippen LogP contribution in [0.2, 0.25) is 0 Å². The maximum Gasteiger partial charge on any atom is 0.268 e. The van der Waals surface area contributed by atoms with Gasteiger partial charge in [-0.2, -0.15) is 0 Å². The van der Waals surface area contributed by atoms with Gasteiger partial charge in [0.05, 0.1) is 18.4 Å².